The van der Waals surface area contributed by atoms with Gasteiger partial charge in [-0.25, -0.2) is 9.97 Å². The number of amides is 1. The van der Waals surface area contributed by atoms with Gasteiger partial charge in [-0.15, -0.1) is 13.2 Å². The highest BCUT2D eigenvalue weighted by Crippen LogP contribution is 2.39. The predicted octanol–water partition coefficient (Wildman–Crippen LogP) is 4.35. The predicted molar refractivity (Wildman–Crippen MR) is 122 cm³/mol. The molecule has 5 rings (SSSR count). The number of hydrogen-bond donors (Lipinski definition) is 2. The first kappa shape index (κ1) is 23.4. The Morgan fingerprint density at radius 2 is 1.91 bits per heavy atom. The van der Waals surface area contributed by atoms with E-state index >= 15 is 0 Å². The highest BCUT2D eigenvalue weighted by molar-refractivity contribution is 5.99. The topological polar surface area (TPSA) is 106 Å². The summed E-state index contributed by atoms with van der Waals surface area (Å²) in [7, 11) is 1.72. The Labute approximate surface area is 199 Å². The Morgan fingerprint density at radius 1 is 1.17 bits per heavy atom. The molecule has 0 atom stereocenters. The summed E-state index contributed by atoms with van der Waals surface area (Å²) in [5.74, 6) is 0.743. The maximum absolute atomic E-state index is 13.0. The van der Waals surface area contributed by atoms with E-state index in [9.17, 15) is 18.0 Å². The van der Waals surface area contributed by atoms with Crippen molar-refractivity contribution < 1.29 is 27.4 Å². The van der Waals surface area contributed by atoms with Crippen LogP contribution in [0.5, 0.6) is 5.75 Å². The Morgan fingerprint density at radius 3 is 2.57 bits per heavy atom. The van der Waals surface area contributed by atoms with Gasteiger partial charge in [-0.05, 0) is 55.4 Å². The zero-order valence-corrected chi connectivity index (χ0v) is 19.1. The minimum atomic E-state index is -4.82. The molecule has 1 aliphatic carbocycles. The van der Waals surface area contributed by atoms with Crippen molar-refractivity contribution >= 4 is 22.8 Å². The number of hydrogen-bond acceptors (Lipinski definition) is 6. The fraction of sp³-hybridized carbons (Fsp3) is 0.458. The number of benzene rings is 1. The van der Waals surface area contributed by atoms with Crippen LogP contribution in [0.25, 0.3) is 11.2 Å². The molecule has 1 saturated carbocycles. The van der Waals surface area contributed by atoms with Gasteiger partial charge in [0.15, 0.2) is 5.65 Å². The van der Waals surface area contributed by atoms with Gasteiger partial charge in [0.2, 0.25) is 0 Å². The van der Waals surface area contributed by atoms with E-state index in [0.29, 0.717) is 19.0 Å². The molecule has 1 amide bonds. The lowest BCUT2D eigenvalue weighted by Crippen LogP contribution is -2.38. The molecule has 2 aliphatic rings. The number of pyridine rings is 1. The van der Waals surface area contributed by atoms with E-state index in [1.165, 1.54) is 6.07 Å². The number of aromatic nitrogens is 3. The fourth-order valence-electron chi connectivity index (χ4n) is 4.95. The molecule has 35 heavy (non-hydrogen) atoms. The lowest BCUT2D eigenvalue weighted by molar-refractivity contribution is -0.274. The number of nitrogen functional groups attached to an aromatic ring is 1. The fourth-order valence-corrected chi connectivity index (χ4v) is 4.95. The number of rotatable bonds is 5. The zero-order chi connectivity index (χ0) is 24.7. The van der Waals surface area contributed by atoms with Gasteiger partial charge in [0.1, 0.15) is 17.1 Å². The van der Waals surface area contributed by atoms with E-state index < -0.39 is 12.1 Å². The summed E-state index contributed by atoms with van der Waals surface area (Å²) in [6.45, 7) is 1.01. The number of likely N-dealkylation sites (tertiary alicyclic amines) is 1. The summed E-state index contributed by atoms with van der Waals surface area (Å²) in [4.78, 5) is 27.3. The minimum absolute atomic E-state index is 0.0505. The van der Waals surface area contributed by atoms with Crippen molar-refractivity contribution in [2.45, 2.75) is 50.0 Å². The molecule has 0 bridgehead atoms. The number of alkyl halides is 3. The Bertz CT molecular complexity index is 1230. The molecular formula is C24H26F3N5O3. The highest BCUT2D eigenvalue weighted by atomic mass is 19.4. The molecule has 1 aromatic carbocycles. The van der Waals surface area contributed by atoms with E-state index in [1.54, 1.807) is 18.2 Å². The Hall–Kier alpha value is -3.34. The van der Waals surface area contributed by atoms with E-state index in [2.05, 4.69) is 14.7 Å². The first-order valence-electron chi connectivity index (χ1n) is 11.5. The summed E-state index contributed by atoms with van der Waals surface area (Å²) in [6, 6.07) is 5.39. The molecule has 2 fully saturated rings. The average Bonchev–Trinajstić information content (AvgIpc) is 3.21. The normalized spacial score (nSPS) is 21.2. The molecule has 0 spiro atoms. The number of methoxy groups -OCH3 is 1. The lowest BCUT2D eigenvalue weighted by atomic mass is 9.82. The first-order valence-corrected chi connectivity index (χ1v) is 11.5. The van der Waals surface area contributed by atoms with Crippen LogP contribution in [0.1, 0.15) is 59.3 Å². The standard InChI is InChI=1S/C24H26F3N5O3/c1-34-16-10-14(11-16)21-30-20-17(4-7-29-22(20)31-21)13-5-8-32(9-6-13)23(33)18-3-2-15(12-19(18)28)35-24(25,26)27/h2-4,7,12-14,16H,5-6,8-11,28H2,1H3,(H,29,30,31)/t14-,16-. The van der Waals surface area contributed by atoms with Gasteiger partial charge in [0.25, 0.3) is 5.91 Å². The maximum Gasteiger partial charge on any atom is 0.573 e. The number of carbonyl (C=O) groups is 1. The van der Waals surface area contributed by atoms with Gasteiger partial charge in [-0.2, -0.15) is 0 Å². The second-order valence-corrected chi connectivity index (χ2v) is 9.11. The molecule has 2 aromatic heterocycles. The second kappa shape index (κ2) is 9.03. The summed E-state index contributed by atoms with van der Waals surface area (Å²) < 4.78 is 46.6. The van der Waals surface area contributed by atoms with Crippen LogP contribution in [0, 0.1) is 0 Å². The molecule has 11 heteroatoms. The third-order valence-electron chi connectivity index (χ3n) is 6.96. The van der Waals surface area contributed by atoms with Gasteiger partial charge in [0, 0.05) is 44.1 Å². The van der Waals surface area contributed by atoms with Gasteiger partial charge in [-0.3, -0.25) is 4.79 Å². The Kier molecular flexibility index (Phi) is 6.04. The molecule has 1 aliphatic heterocycles. The van der Waals surface area contributed by atoms with Crippen molar-refractivity contribution in [3.8, 4) is 5.75 Å². The lowest BCUT2D eigenvalue weighted by Gasteiger charge is -2.33. The van der Waals surface area contributed by atoms with Crippen molar-refractivity contribution in [3.05, 3.63) is 47.4 Å². The van der Waals surface area contributed by atoms with E-state index in [-0.39, 0.29) is 29.2 Å². The molecule has 3 heterocycles. The van der Waals surface area contributed by atoms with Gasteiger partial charge >= 0.3 is 6.36 Å². The van der Waals surface area contributed by atoms with Crippen LogP contribution >= 0.6 is 0 Å². The number of nitrogens with two attached hydrogens (primary N) is 1. The quantitative estimate of drug-likeness (QED) is 0.516. The van der Waals surface area contributed by atoms with Gasteiger partial charge in [-0.1, -0.05) is 0 Å². The van der Waals surface area contributed by atoms with Crippen LogP contribution in [-0.4, -0.2) is 58.4 Å². The summed E-state index contributed by atoms with van der Waals surface area (Å²) in [6.07, 6.45) is 0.593. The molecule has 186 valence electrons. The van der Waals surface area contributed by atoms with Gasteiger partial charge in [0.05, 0.1) is 11.7 Å². The monoisotopic (exact) mass is 489 g/mol. The number of ether oxygens (including phenoxy) is 2. The van der Waals surface area contributed by atoms with Crippen LogP contribution in [0.3, 0.4) is 0 Å². The molecule has 0 unspecified atom stereocenters. The van der Waals surface area contributed by atoms with E-state index in [4.69, 9.17) is 15.5 Å². The minimum Gasteiger partial charge on any atom is -0.406 e. The van der Waals surface area contributed by atoms with Crippen LogP contribution in [-0.2, 0) is 4.74 Å². The molecule has 1 saturated heterocycles. The number of imidazole rings is 1. The first-order chi connectivity index (χ1) is 16.7. The third kappa shape index (κ3) is 4.77. The second-order valence-electron chi connectivity index (χ2n) is 9.11. The largest absolute Gasteiger partial charge is 0.573 e. The third-order valence-corrected chi connectivity index (χ3v) is 6.96. The number of nitrogens with zero attached hydrogens (tertiary/aromatic N) is 3. The SMILES string of the molecule is CO[C@H]1C[C@H](c2nc3c(C4CCN(C(=O)c5ccc(OC(F)(F)F)cc5N)CC4)ccnc3[nH]2)C1. The summed E-state index contributed by atoms with van der Waals surface area (Å²) in [5.41, 5.74) is 8.73. The average molecular weight is 489 g/mol. The number of carbonyl (C=O) groups excluding carboxylic acids is 1. The summed E-state index contributed by atoms with van der Waals surface area (Å²) in [5, 5.41) is 0. The van der Waals surface area contributed by atoms with E-state index in [1.807, 2.05) is 6.07 Å². The number of anilines is 1. The van der Waals surface area contributed by atoms with Crippen molar-refractivity contribution in [1.29, 1.82) is 0 Å². The Balaban J connectivity index is 1.26. The maximum atomic E-state index is 13.0. The number of nitrogens with one attached hydrogen (secondary N) is 1. The van der Waals surface area contributed by atoms with Crippen LogP contribution in [0.15, 0.2) is 30.5 Å². The van der Waals surface area contributed by atoms with Crippen molar-refractivity contribution in [2.75, 3.05) is 25.9 Å². The number of aromatic amines is 1. The van der Waals surface area contributed by atoms with Gasteiger partial charge < -0.3 is 25.1 Å². The molecule has 3 aromatic rings. The van der Waals surface area contributed by atoms with E-state index in [0.717, 1.165) is 60.4 Å². The van der Waals surface area contributed by atoms with Crippen molar-refractivity contribution in [3.63, 3.8) is 0 Å². The number of fused-ring (bicyclic) bond motifs is 1. The molecular weight excluding hydrogens is 463 g/mol. The van der Waals surface area contributed by atoms with Crippen molar-refractivity contribution in [2.24, 2.45) is 0 Å². The van der Waals surface area contributed by atoms with Crippen LogP contribution in [0.4, 0.5) is 18.9 Å². The number of H-pyrrole nitrogens is 1. The number of piperidine rings is 1. The molecule has 3 N–H and O–H groups in total. The van der Waals surface area contributed by atoms with Crippen molar-refractivity contribution in [1.82, 2.24) is 19.9 Å². The number of halogens is 3. The summed E-state index contributed by atoms with van der Waals surface area (Å²) >= 11 is 0. The smallest absolute Gasteiger partial charge is 0.406 e. The van der Waals surface area contributed by atoms with Crippen LogP contribution < -0.4 is 10.5 Å². The molecule has 0 radical (unpaired) electrons. The van der Waals surface area contributed by atoms with Crippen LogP contribution in [0.2, 0.25) is 0 Å². The zero-order valence-electron chi connectivity index (χ0n) is 19.1. The molecule has 8 nitrogen and oxygen atoms in total. The highest BCUT2D eigenvalue weighted by Gasteiger charge is 2.34.